The number of hydrogen-bond acceptors (Lipinski definition) is 4. The van der Waals surface area contributed by atoms with Crippen LogP contribution in [0.2, 0.25) is 0 Å². The molecular weight excluding hydrogens is 280 g/mol. The minimum absolute atomic E-state index is 0.253. The maximum atomic E-state index is 6.37. The third-order valence-electron chi connectivity index (χ3n) is 3.59. The average Bonchev–Trinajstić information content (AvgIpc) is 3.09. The van der Waals surface area contributed by atoms with Crippen LogP contribution in [0.1, 0.15) is 22.4 Å². The van der Waals surface area contributed by atoms with Gasteiger partial charge in [-0.1, -0.05) is 18.2 Å². The zero-order valence-electron chi connectivity index (χ0n) is 11.5. The molecule has 0 spiro atoms. The molecule has 0 bridgehead atoms. The molecule has 1 atom stereocenters. The van der Waals surface area contributed by atoms with Gasteiger partial charge in [0.2, 0.25) is 0 Å². The van der Waals surface area contributed by atoms with Crippen LogP contribution in [0.3, 0.4) is 0 Å². The van der Waals surface area contributed by atoms with Crippen LogP contribution in [0.25, 0.3) is 21.2 Å². The zero-order valence-corrected chi connectivity index (χ0v) is 12.4. The number of aromatic nitrogens is 1. The van der Waals surface area contributed by atoms with Gasteiger partial charge in [-0.25, -0.2) is 4.98 Å². The van der Waals surface area contributed by atoms with Crippen molar-refractivity contribution in [3.8, 4) is 0 Å². The third-order valence-corrected chi connectivity index (χ3v) is 4.79. The lowest BCUT2D eigenvalue weighted by molar-refractivity contribution is 0.527. The Morgan fingerprint density at radius 2 is 2.00 bits per heavy atom. The van der Waals surface area contributed by atoms with Crippen molar-refractivity contribution in [2.75, 3.05) is 0 Å². The van der Waals surface area contributed by atoms with E-state index >= 15 is 0 Å². The molecule has 3 heterocycles. The molecule has 0 amide bonds. The maximum Gasteiger partial charge on any atom is 0.152 e. The van der Waals surface area contributed by atoms with E-state index in [4.69, 9.17) is 10.2 Å². The fourth-order valence-electron chi connectivity index (χ4n) is 2.49. The number of nitrogens with two attached hydrogens (primary N) is 1. The molecule has 0 saturated carbocycles. The van der Waals surface area contributed by atoms with Crippen LogP contribution in [-0.4, -0.2) is 4.98 Å². The Bertz CT molecular complexity index is 905. The van der Waals surface area contributed by atoms with E-state index in [0.717, 1.165) is 27.4 Å². The Hall–Kier alpha value is -2.17. The number of thiophene rings is 1. The summed E-state index contributed by atoms with van der Waals surface area (Å²) >= 11 is 1.71. The molecule has 0 fully saturated rings. The topological polar surface area (TPSA) is 52.0 Å². The van der Waals surface area contributed by atoms with E-state index < -0.39 is 0 Å². The summed E-state index contributed by atoms with van der Waals surface area (Å²) in [7, 11) is 0. The Morgan fingerprint density at radius 1 is 1.14 bits per heavy atom. The van der Waals surface area contributed by atoms with Gasteiger partial charge in [-0.2, -0.15) is 0 Å². The van der Waals surface area contributed by atoms with E-state index in [1.807, 2.05) is 37.3 Å². The maximum absolute atomic E-state index is 6.37. The van der Waals surface area contributed by atoms with E-state index in [0.29, 0.717) is 0 Å². The van der Waals surface area contributed by atoms with E-state index in [2.05, 4.69) is 23.2 Å². The second-order valence-electron chi connectivity index (χ2n) is 5.15. The van der Waals surface area contributed by atoms with Crippen molar-refractivity contribution in [2.24, 2.45) is 5.73 Å². The minimum Gasteiger partial charge on any atom is -0.457 e. The first-order valence-corrected chi connectivity index (χ1v) is 7.63. The first kappa shape index (κ1) is 12.6. The molecule has 4 rings (SSSR count). The van der Waals surface area contributed by atoms with Crippen LogP contribution in [0.15, 0.2) is 52.9 Å². The number of hydrogen-bond donors (Lipinski definition) is 1. The second kappa shape index (κ2) is 4.69. The number of fused-ring (bicyclic) bond motifs is 2. The van der Waals surface area contributed by atoms with Gasteiger partial charge in [-0.15, -0.1) is 11.3 Å². The lowest BCUT2D eigenvalue weighted by Gasteiger charge is -2.04. The molecule has 0 aliphatic carbocycles. The fraction of sp³-hybridized carbons (Fsp3) is 0.118. The van der Waals surface area contributed by atoms with Crippen LogP contribution in [0.5, 0.6) is 0 Å². The molecule has 0 aliphatic rings. The van der Waals surface area contributed by atoms with E-state index in [1.54, 1.807) is 11.3 Å². The van der Waals surface area contributed by atoms with Gasteiger partial charge in [0.1, 0.15) is 11.3 Å². The van der Waals surface area contributed by atoms with E-state index in [1.165, 1.54) is 10.1 Å². The molecule has 3 aromatic heterocycles. The van der Waals surface area contributed by atoms with Crippen molar-refractivity contribution in [1.82, 2.24) is 4.98 Å². The minimum atomic E-state index is -0.253. The number of furan rings is 1. The largest absolute Gasteiger partial charge is 0.457 e. The highest BCUT2D eigenvalue weighted by Gasteiger charge is 2.17. The molecule has 0 aliphatic heterocycles. The van der Waals surface area contributed by atoms with Gasteiger partial charge in [0.05, 0.1) is 6.04 Å². The molecule has 0 saturated heterocycles. The van der Waals surface area contributed by atoms with Crippen molar-refractivity contribution >= 4 is 32.5 Å². The van der Waals surface area contributed by atoms with Crippen LogP contribution >= 0.6 is 11.3 Å². The molecular formula is C17H14N2OS. The second-order valence-corrected chi connectivity index (χ2v) is 6.26. The highest BCUT2D eigenvalue weighted by molar-refractivity contribution is 7.19. The van der Waals surface area contributed by atoms with Crippen molar-refractivity contribution in [3.05, 3.63) is 64.9 Å². The Kier molecular flexibility index (Phi) is 2.80. The van der Waals surface area contributed by atoms with Gasteiger partial charge in [0.25, 0.3) is 0 Å². The summed E-state index contributed by atoms with van der Waals surface area (Å²) in [6, 6.07) is 16.0. The fourth-order valence-corrected chi connectivity index (χ4v) is 3.57. The highest BCUT2D eigenvalue weighted by atomic mass is 32.1. The van der Waals surface area contributed by atoms with Gasteiger partial charge in [0, 0.05) is 21.3 Å². The summed E-state index contributed by atoms with van der Waals surface area (Å²) in [5, 5.41) is 1.22. The Labute approximate surface area is 126 Å². The predicted octanol–water partition coefficient (Wildman–Crippen LogP) is 4.40. The molecule has 4 heteroatoms. The number of aryl methyl sites for hydroxylation is 1. The van der Waals surface area contributed by atoms with Crippen molar-refractivity contribution < 1.29 is 4.42 Å². The SMILES string of the molecule is Cc1ccc2oc(C(N)c3cc4ccccc4s3)cc2n1. The lowest BCUT2D eigenvalue weighted by atomic mass is 10.1. The number of benzene rings is 1. The van der Waals surface area contributed by atoms with Gasteiger partial charge in [0.15, 0.2) is 5.58 Å². The van der Waals surface area contributed by atoms with Gasteiger partial charge < -0.3 is 10.2 Å². The molecule has 1 aromatic carbocycles. The standard InChI is InChI=1S/C17H14N2OS/c1-10-6-7-13-12(19-10)9-14(20-13)17(18)16-8-11-4-2-3-5-15(11)21-16/h2-9,17H,18H2,1H3. The summed E-state index contributed by atoms with van der Waals surface area (Å²) in [6.07, 6.45) is 0. The monoisotopic (exact) mass is 294 g/mol. The summed E-state index contributed by atoms with van der Waals surface area (Å²) in [5.74, 6) is 0.759. The average molecular weight is 294 g/mol. The normalized spacial score (nSPS) is 13.0. The molecule has 0 radical (unpaired) electrons. The molecule has 4 aromatic rings. The molecule has 1 unspecified atom stereocenters. The van der Waals surface area contributed by atoms with Crippen LogP contribution in [-0.2, 0) is 0 Å². The van der Waals surface area contributed by atoms with Crippen molar-refractivity contribution in [1.29, 1.82) is 0 Å². The van der Waals surface area contributed by atoms with Gasteiger partial charge >= 0.3 is 0 Å². The summed E-state index contributed by atoms with van der Waals surface area (Å²) in [6.45, 7) is 1.97. The van der Waals surface area contributed by atoms with E-state index in [-0.39, 0.29) is 6.04 Å². The van der Waals surface area contributed by atoms with E-state index in [9.17, 15) is 0 Å². The first-order chi connectivity index (χ1) is 10.2. The van der Waals surface area contributed by atoms with Crippen molar-refractivity contribution in [3.63, 3.8) is 0 Å². The Balaban J connectivity index is 1.79. The third kappa shape index (κ3) is 2.13. The van der Waals surface area contributed by atoms with Gasteiger partial charge in [-0.3, -0.25) is 0 Å². The molecule has 3 nitrogen and oxygen atoms in total. The van der Waals surface area contributed by atoms with Crippen molar-refractivity contribution in [2.45, 2.75) is 13.0 Å². The van der Waals surface area contributed by atoms with Gasteiger partial charge in [-0.05, 0) is 36.6 Å². The van der Waals surface area contributed by atoms with Crippen LogP contribution in [0.4, 0.5) is 0 Å². The summed E-state index contributed by atoms with van der Waals surface area (Å²) < 4.78 is 7.10. The Morgan fingerprint density at radius 3 is 2.86 bits per heavy atom. The smallest absolute Gasteiger partial charge is 0.152 e. The number of rotatable bonds is 2. The highest BCUT2D eigenvalue weighted by Crippen LogP contribution is 2.33. The van der Waals surface area contributed by atoms with Crippen LogP contribution in [0, 0.1) is 6.92 Å². The quantitative estimate of drug-likeness (QED) is 0.596. The molecule has 2 N–H and O–H groups in total. The first-order valence-electron chi connectivity index (χ1n) is 6.82. The number of pyridine rings is 1. The predicted molar refractivity (Wildman–Crippen MR) is 86.6 cm³/mol. The summed E-state index contributed by atoms with van der Waals surface area (Å²) in [4.78, 5) is 5.57. The molecule has 104 valence electrons. The van der Waals surface area contributed by atoms with Crippen LogP contribution < -0.4 is 5.73 Å². The summed E-state index contributed by atoms with van der Waals surface area (Å²) in [5.41, 5.74) is 9.00. The molecule has 21 heavy (non-hydrogen) atoms. The number of nitrogens with zero attached hydrogens (tertiary/aromatic N) is 1. The zero-order chi connectivity index (χ0) is 14.4. The lowest BCUT2D eigenvalue weighted by Crippen LogP contribution is -2.08.